The Morgan fingerprint density at radius 3 is 2.53 bits per heavy atom. The van der Waals surface area contributed by atoms with Crippen LogP contribution in [-0.4, -0.2) is 15.5 Å². The van der Waals surface area contributed by atoms with Crippen LogP contribution < -0.4 is 4.72 Å². The van der Waals surface area contributed by atoms with Crippen molar-refractivity contribution in [3.05, 3.63) is 33.3 Å². The molecule has 84 valence electrons. The molecule has 0 heterocycles. The topological polar surface area (TPSA) is 46.2 Å². The molecule has 1 unspecified atom stereocenters. The van der Waals surface area contributed by atoms with Gasteiger partial charge in [0.15, 0.2) is 0 Å². The van der Waals surface area contributed by atoms with Crippen molar-refractivity contribution in [3.63, 3.8) is 0 Å². The third-order valence-electron chi connectivity index (χ3n) is 2.15. The lowest BCUT2D eigenvalue weighted by atomic mass is 10.2. The molecule has 15 heavy (non-hydrogen) atoms. The average molecular weight is 313 g/mol. The van der Waals surface area contributed by atoms with E-state index in [2.05, 4.69) is 20.7 Å². The van der Waals surface area contributed by atoms with Gasteiger partial charge in [0.1, 0.15) is 0 Å². The smallest absolute Gasteiger partial charge is 0.218 e. The first-order valence-corrected chi connectivity index (χ1v) is 6.97. The highest BCUT2D eigenvalue weighted by Crippen LogP contribution is 2.30. The van der Waals surface area contributed by atoms with Gasteiger partial charge in [-0.15, -0.1) is 0 Å². The summed E-state index contributed by atoms with van der Waals surface area (Å²) in [6, 6.07) is 5.15. The second kappa shape index (κ2) is 4.82. The summed E-state index contributed by atoms with van der Waals surface area (Å²) in [6.07, 6.45) is 0. The molecule has 0 saturated heterocycles. The van der Waals surface area contributed by atoms with E-state index >= 15 is 0 Å². The molecule has 1 rings (SSSR count). The van der Waals surface area contributed by atoms with E-state index in [1.807, 2.05) is 0 Å². The van der Waals surface area contributed by atoms with Gasteiger partial charge in [0, 0.05) is 9.50 Å². The Labute approximate surface area is 103 Å². The predicted octanol–water partition coefficient (Wildman–Crippen LogP) is 2.71. The lowest BCUT2D eigenvalue weighted by Gasteiger charge is -2.13. The fraction of sp³-hybridized carbons (Fsp3) is 0.333. The molecule has 1 atom stereocenters. The number of halogens is 2. The van der Waals surface area contributed by atoms with Crippen molar-refractivity contribution in [1.29, 1.82) is 0 Å². The summed E-state index contributed by atoms with van der Waals surface area (Å²) < 4.78 is 26.2. The van der Waals surface area contributed by atoms with Crippen molar-refractivity contribution in [2.24, 2.45) is 0 Å². The fourth-order valence-corrected chi connectivity index (χ4v) is 2.97. The molecule has 0 amide bonds. The largest absolute Gasteiger partial charge is 0.218 e. The maximum atomic E-state index is 11.6. The second-order valence-corrected chi connectivity index (χ2v) is 6.59. The normalized spacial score (nSPS) is 13.9. The maximum Gasteiger partial charge on any atom is 0.218 e. The van der Waals surface area contributed by atoms with Crippen LogP contribution in [0.25, 0.3) is 0 Å². The average Bonchev–Trinajstić information content (AvgIpc) is 2.17. The summed E-state index contributed by atoms with van der Waals surface area (Å²) >= 11 is 9.23. The highest BCUT2D eigenvalue weighted by atomic mass is 79.9. The van der Waals surface area contributed by atoms with Gasteiger partial charge in [-0.3, -0.25) is 0 Å². The van der Waals surface area contributed by atoms with Gasteiger partial charge in [0.05, 0.1) is 5.25 Å². The molecule has 0 aliphatic rings. The third kappa shape index (κ3) is 2.93. The Balaban J connectivity index is 3.18. The van der Waals surface area contributed by atoms with Crippen LogP contribution in [0.5, 0.6) is 0 Å². The molecule has 0 aromatic heterocycles. The number of benzene rings is 1. The van der Waals surface area contributed by atoms with Crippen molar-refractivity contribution in [2.45, 2.75) is 12.2 Å². The molecule has 1 aromatic rings. The van der Waals surface area contributed by atoms with Crippen LogP contribution in [0.2, 0.25) is 5.02 Å². The lowest BCUT2D eigenvalue weighted by molar-refractivity contribution is 0.578. The van der Waals surface area contributed by atoms with Crippen molar-refractivity contribution in [2.75, 3.05) is 7.05 Å². The van der Waals surface area contributed by atoms with Crippen LogP contribution in [0, 0.1) is 0 Å². The number of sulfonamides is 1. The molecule has 3 nitrogen and oxygen atoms in total. The van der Waals surface area contributed by atoms with E-state index in [1.54, 1.807) is 25.1 Å². The molecule has 6 heteroatoms. The maximum absolute atomic E-state index is 11.6. The fourth-order valence-electron chi connectivity index (χ4n) is 1.18. The standard InChI is InChI=1S/C9H11BrClNO2S/c1-6(15(13,14)12-2)8-4-3-7(10)5-9(8)11/h3-6,12H,1-2H3. The van der Waals surface area contributed by atoms with E-state index in [-0.39, 0.29) is 0 Å². The molecule has 0 radical (unpaired) electrons. The Kier molecular flexibility index (Phi) is 4.17. The minimum atomic E-state index is -3.34. The van der Waals surface area contributed by atoms with Gasteiger partial charge in [0.25, 0.3) is 0 Å². The van der Waals surface area contributed by atoms with Crippen LogP contribution in [0.4, 0.5) is 0 Å². The Bertz CT molecular complexity index is 461. The summed E-state index contributed by atoms with van der Waals surface area (Å²) in [4.78, 5) is 0. The number of rotatable bonds is 3. The predicted molar refractivity (Wildman–Crippen MR) is 65.5 cm³/mol. The molecule has 0 spiro atoms. The third-order valence-corrected chi connectivity index (χ3v) is 4.72. The molecular formula is C9H11BrClNO2S. The van der Waals surface area contributed by atoms with Gasteiger partial charge < -0.3 is 0 Å². The van der Waals surface area contributed by atoms with Crippen molar-refractivity contribution < 1.29 is 8.42 Å². The monoisotopic (exact) mass is 311 g/mol. The summed E-state index contributed by atoms with van der Waals surface area (Å²) in [5.74, 6) is 0. The first-order chi connectivity index (χ1) is 6.88. The van der Waals surface area contributed by atoms with Crippen molar-refractivity contribution in [3.8, 4) is 0 Å². The van der Waals surface area contributed by atoms with E-state index < -0.39 is 15.3 Å². The first-order valence-electron chi connectivity index (χ1n) is 4.26. The Hall–Kier alpha value is -0.100. The molecule has 0 aliphatic carbocycles. The van der Waals surface area contributed by atoms with Gasteiger partial charge in [-0.1, -0.05) is 33.6 Å². The van der Waals surface area contributed by atoms with Gasteiger partial charge in [-0.05, 0) is 31.7 Å². The van der Waals surface area contributed by atoms with Crippen LogP contribution in [0.1, 0.15) is 17.7 Å². The lowest BCUT2D eigenvalue weighted by Crippen LogP contribution is -2.24. The van der Waals surface area contributed by atoms with Gasteiger partial charge in [0.2, 0.25) is 10.0 Å². The minimum Gasteiger partial charge on any atom is -0.218 e. The van der Waals surface area contributed by atoms with E-state index in [1.165, 1.54) is 7.05 Å². The van der Waals surface area contributed by atoms with E-state index in [9.17, 15) is 8.42 Å². The van der Waals surface area contributed by atoms with Crippen LogP contribution in [-0.2, 0) is 10.0 Å². The zero-order chi connectivity index (χ0) is 11.6. The summed E-state index contributed by atoms with van der Waals surface area (Å²) in [6.45, 7) is 1.60. The van der Waals surface area contributed by atoms with E-state index in [0.717, 1.165) is 4.47 Å². The second-order valence-electron chi connectivity index (χ2n) is 3.06. The molecule has 0 fully saturated rings. The van der Waals surface area contributed by atoms with Crippen LogP contribution in [0.15, 0.2) is 22.7 Å². The number of hydrogen-bond acceptors (Lipinski definition) is 2. The number of hydrogen-bond donors (Lipinski definition) is 1. The highest BCUT2D eigenvalue weighted by Gasteiger charge is 2.22. The van der Waals surface area contributed by atoms with Crippen LogP contribution in [0.3, 0.4) is 0 Å². The van der Waals surface area contributed by atoms with Gasteiger partial charge in [-0.2, -0.15) is 0 Å². The summed E-state index contributed by atoms with van der Waals surface area (Å²) in [7, 11) is -1.95. The van der Waals surface area contributed by atoms with Crippen molar-refractivity contribution in [1.82, 2.24) is 4.72 Å². The quantitative estimate of drug-likeness (QED) is 0.933. The molecule has 0 aliphatic heterocycles. The number of nitrogens with one attached hydrogen (secondary N) is 1. The van der Waals surface area contributed by atoms with Gasteiger partial charge in [-0.25, -0.2) is 13.1 Å². The van der Waals surface area contributed by atoms with E-state index in [0.29, 0.717) is 10.6 Å². The molecule has 1 aromatic carbocycles. The Morgan fingerprint density at radius 2 is 2.07 bits per heavy atom. The Morgan fingerprint density at radius 1 is 1.47 bits per heavy atom. The minimum absolute atomic E-state index is 0.440. The highest BCUT2D eigenvalue weighted by molar-refractivity contribution is 9.10. The molecule has 1 N–H and O–H groups in total. The molecule has 0 bridgehead atoms. The summed E-state index contributed by atoms with van der Waals surface area (Å²) in [5, 5.41) is -0.223. The zero-order valence-electron chi connectivity index (χ0n) is 8.29. The molecular weight excluding hydrogens is 302 g/mol. The summed E-state index contributed by atoms with van der Waals surface area (Å²) in [5.41, 5.74) is 0.592. The van der Waals surface area contributed by atoms with Crippen molar-refractivity contribution >= 4 is 37.6 Å². The van der Waals surface area contributed by atoms with E-state index in [4.69, 9.17) is 11.6 Å². The van der Waals surface area contributed by atoms with Crippen LogP contribution >= 0.6 is 27.5 Å². The first kappa shape index (κ1) is 13.0. The SMILES string of the molecule is CNS(=O)(=O)C(C)c1ccc(Br)cc1Cl. The molecule has 0 saturated carbocycles. The zero-order valence-corrected chi connectivity index (χ0v) is 11.4. The van der Waals surface area contributed by atoms with Gasteiger partial charge >= 0.3 is 0 Å².